The Morgan fingerprint density at radius 3 is 2.54 bits per heavy atom. The molecule has 1 N–H and O–H groups in total. The Kier molecular flexibility index (Phi) is 4.80. The number of hydrogen-bond donors (Lipinski definition) is 1. The minimum Gasteiger partial charge on any atom is -0.267 e. The van der Waals surface area contributed by atoms with Crippen molar-refractivity contribution < 1.29 is 4.79 Å². The second-order valence-corrected chi connectivity index (χ2v) is 7.20. The molecule has 2 heterocycles. The molecule has 0 spiro atoms. The van der Waals surface area contributed by atoms with Crippen LogP contribution in [0.4, 0.5) is 0 Å². The van der Waals surface area contributed by atoms with E-state index >= 15 is 0 Å². The molecular formula is C21H17N3OS. The van der Waals surface area contributed by atoms with Crippen molar-refractivity contribution >= 4 is 23.4 Å². The molecular weight excluding hydrogens is 342 g/mol. The van der Waals surface area contributed by atoms with E-state index in [1.165, 1.54) is 10.5 Å². The highest BCUT2D eigenvalue weighted by Gasteiger charge is 2.25. The van der Waals surface area contributed by atoms with Gasteiger partial charge in [0.1, 0.15) is 0 Å². The minimum absolute atomic E-state index is 0.230. The van der Waals surface area contributed by atoms with Crippen LogP contribution in [0.25, 0.3) is 0 Å². The average Bonchev–Trinajstić information content (AvgIpc) is 2.73. The van der Waals surface area contributed by atoms with Crippen molar-refractivity contribution in [2.75, 3.05) is 0 Å². The van der Waals surface area contributed by atoms with E-state index in [0.717, 1.165) is 17.7 Å². The van der Waals surface area contributed by atoms with Gasteiger partial charge >= 0.3 is 0 Å². The van der Waals surface area contributed by atoms with Gasteiger partial charge in [0, 0.05) is 40.1 Å². The van der Waals surface area contributed by atoms with Gasteiger partial charge in [-0.25, -0.2) is 5.43 Å². The molecule has 1 unspecified atom stereocenters. The summed E-state index contributed by atoms with van der Waals surface area (Å²) in [5.74, 6) is -0.230. The number of carbonyl (C=O) groups excluding carboxylic acids is 1. The lowest BCUT2D eigenvalue weighted by Crippen LogP contribution is -2.22. The second-order valence-electron chi connectivity index (χ2n) is 5.95. The number of benzene rings is 2. The van der Waals surface area contributed by atoms with Crippen molar-refractivity contribution in [3.05, 3.63) is 95.8 Å². The summed E-state index contributed by atoms with van der Waals surface area (Å²) in [4.78, 5) is 17.4. The van der Waals surface area contributed by atoms with Crippen LogP contribution in [0.2, 0.25) is 0 Å². The largest absolute Gasteiger partial charge is 0.271 e. The summed E-state index contributed by atoms with van der Waals surface area (Å²) in [6.07, 6.45) is 3.96. The molecule has 0 saturated carbocycles. The van der Waals surface area contributed by atoms with E-state index in [0.29, 0.717) is 5.56 Å². The quantitative estimate of drug-likeness (QED) is 0.703. The summed E-state index contributed by atoms with van der Waals surface area (Å²) in [5.41, 5.74) is 6.48. The number of pyridine rings is 1. The first-order valence-corrected chi connectivity index (χ1v) is 9.27. The van der Waals surface area contributed by atoms with Gasteiger partial charge in [0.2, 0.25) is 0 Å². The van der Waals surface area contributed by atoms with Crippen LogP contribution in [0.5, 0.6) is 0 Å². The zero-order chi connectivity index (χ0) is 17.8. The van der Waals surface area contributed by atoms with Crippen molar-refractivity contribution in [2.45, 2.75) is 16.6 Å². The van der Waals surface area contributed by atoms with Gasteiger partial charge in [-0.15, -0.1) is 11.8 Å². The topological polar surface area (TPSA) is 54.4 Å². The molecule has 1 atom stereocenters. The third kappa shape index (κ3) is 3.53. The Labute approximate surface area is 156 Å². The molecule has 0 saturated heterocycles. The highest BCUT2D eigenvalue weighted by atomic mass is 32.2. The molecule has 0 aliphatic carbocycles. The number of hydrogen-bond acceptors (Lipinski definition) is 4. The van der Waals surface area contributed by atoms with Gasteiger partial charge < -0.3 is 0 Å². The maximum absolute atomic E-state index is 12.3. The van der Waals surface area contributed by atoms with Gasteiger partial charge in [-0.1, -0.05) is 48.5 Å². The smallest absolute Gasteiger partial charge is 0.267 e. The molecule has 0 radical (unpaired) electrons. The predicted molar refractivity (Wildman–Crippen MR) is 104 cm³/mol. The first kappa shape index (κ1) is 16.5. The molecule has 0 bridgehead atoms. The number of amides is 1. The van der Waals surface area contributed by atoms with E-state index < -0.39 is 0 Å². The molecule has 1 aliphatic rings. The minimum atomic E-state index is -0.230. The van der Waals surface area contributed by atoms with Crippen LogP contribution in [0.3, 0.4) is 0 Å². The first-order chi connectivity index (χ1) is 12.8. The SMILES string of the molecule is O=C(N/N=C1\CC(c2ccccc2)Sc2ccccc21)c1ccncc1. The number of aromatic nitrogens is 1. The summed E-state index contributed by atoms with van der Waals surface area (Å²) < 4.78 is 0. The second kappa shape index (κ2) is 7.54. The fourth-order valence-electron chi connectivity index (χ4n) is 2.93. The Bertz CT molecular complexity index is 942. The van der Waals surface area contributed by atoms with Crippen LogP contribution >= 0.6 is 11.8 Å². The van der Waals surface area contributed by atoms with Gasteiger partial charge in [-0.3, -0.25) is 9.78 Å². The lowest BCUT2D eigenvalue weighted by molar-refractivity contribution is 0.0954. The molecule has 2 aromatic carbocycles. The number of fused-ring (bicyclic) bond motifs is 1. The van der Waals surface area contributed by atoms with Crippen LogP contribution in [-0.4, -0.2) is 16.6 Å². The van der Waals surface area contributed by atoms with E-state index in [-0.39, 0.29) is 11.2 Å². The van der Waals surface area contributed by atoms with Crippen LogP contribution in [-0.2, 0) is 0 Å². The van der Waals surface area contributed by atoms with Gasteiger partial charge in [0.25, 0.3) is 5.91 Å². The zero-order valence-electron chi connectivity index (χ0n) is 14.0. The van der Waals surface area contributed by atoms with E-state index in [9.17, 15) is 4.79 Å². The zero-order valence-corrected chi connectivity index (χ0v) is 14.8. The highest BCUT2D eigenvalue weighted by Crippen LogP contribution is 2.44. The number of carbonyl (C=O) groups is 1. The van der Waals surface area contributed by atoms with Crippen LogP contribution in [0.15, 0.2) is 89.1 Å². The number of thioether (sulfide) groups is 1. The Morgan fingerprint density at radius 1 is 1.00 bits per heavy atom. The molecule has 4 nitrogen and oxygen atoms in total. The van der Waals surface area contributed by atoms with E-state index in [1.807, 2.05) is 30.0 Å². The summed E-state index contributed by atoms with van der Waals surface area (Å²) in [6.45, 7) is 0. The molecule has 4 rings (SSSR count). The first-order valence-electron chi connectivity index (χ1n) is 8.39. The lowest BCUT2D eigenvalue weighted by Gasteiger charge is -2.25. The fourth-order valence-corrected chi connectivity index (χ4v) is 4.24. The summed E-state index contributed by atoms with van der Waals surface area (Å²) in [6, 6.07) is 22.0. The number of hydrazone groups is 1. The summed E-state index contributed by atoms with van der Waals surface area (Å²) in [7, 11) is 0. The third-order valence-electron chi connectivity index (χ3n) is 4.25. The number of rotatable bonds is 3. The van der Waals surface area contributed by atoms with Gasteiger partial charge in [-0.05, 0) is 23.8 Å². The maximum Gasteiger partial charge on any atom is 0.271 e. The third-order valence-corrected chi connectivity index (χ3v) is 5.59. The van der Waals surface area contributed by atoms with E-state index in [2.05, 4.69) is 51.9 Å². The van der Waals surface area contributed by atoms with Gasteiger partial charge in [0.05, 0.1) is 5.71 Å². The van der Waals surface area contributed by atoms with E-state index in [4.69, 9.17) is 0 Å². The van der Waals surface area contributed by atoms with Crippen molar-refractivity contribution in [2.24, 2.45) is 5.10 Å². The van der Waals surface area contributed by atoms with Gasteiger partial charge in [0.15, 0.2) is 0 Å². The Hall–Kier alpha value is -2.92. The standard InChI is InChI=1S/C21H17N3OS/c25-21(16-10-12-22-13-11-16)24-23-18-14-20(15-6-2-1-3-7-15)26-19-9-5-4-8-17(18)19/h1-13,20H,14H2,(H,24,25)/b23-18+. The van der Waals surface area contributed by atoms with Crippen LogP contribution < -0.4 is 5.43 Å². The monoisotopic (exact) mass is 359 g/mol. The molecule has 26 heavy (non-hydrogen) atoms. The molecule has 1 amide bonds. The predicted octanol–water partition coefficient (Wildman–Crippen LogP) is 4.45. The Morgan fingerprint density at radius 2 is 1.73 bits per heavy atom. The van der Waals surface area contributed by atoms with Crippen molar-refractivity contribution in [3.8, 4) is 0 Å². The molecule has 3 aromatic rings. The summed E-state index contributed by atoms with van der Waals surface area (Å²) >= 11 is 1.84. The molecule has 5 heteroatoms. The molecule has 0 fully saturated rings. The van der Waals surface area contributed by atoms with Gasteiger partial charge in [-0.2, -0.15) is 5.10 Å². The van der Waals surface area contributed by atoms with Crippen LogP contribution in [0, 0.1) is 0 Å². The maximum atomic E-state index is 12.3. The normalized spacial score (nSPS) is 17.5. The highest BCUT2D eigenvalue weighted by molar-refractivity contribution is 7.99. The average molecular weight is 359 g/mol. The molecule has 128 valence electrons. The van der Waals surface area contributed by atoms with Crippen molar-refractivity contribution in [3.63, 3.8) is 0 Å². The fraction of sp³-hybridized carbons (Fsp3) is 0.0952. The number of nitrogens with zero attached hydrogens (tertiary/aromatic N) is 2. The number of nitrogens with one attached hydrogen (secondary N) is 1. The lowest BCUT2D eigenvalue weighted by atomic mass is 10.0. The molecule has 1 aliphatic heterocycles. The van der Waals surface area contributed by atoms with Crippen molar-refractivity contribution in [1.29, 1.82) is 0 Å². The summed E-state index contributed by atoms with van der Waals surface area (Å²) in [5, 5.41) is 4.74. The molecule has 1 aromatic heterocycles. The Balaban J connectivity index is 1.62. The van der Waals surface area contributed by atoms with Crippen LogP contribution in [0.1, 0.15) is 33.2 Å². The van der Waals surface area contributed by atoms with Crippen molar-refractivity contribution in [1.82, 2.24) is 10.4 Å². The van der Waals surface area contributed by atoms with E-state index in [1.54, 1.807) is 24.5 Å².